The Kier molecular flexibility index (Phi) is 3.22. The van der Waals surface area contributed by atoms with Crippen molar-refractivity contribution in [1.29, 1.82) is 0 Å². The van der Waals surface area contributed by atoms with Crippen LogP contribution in [0.1, 0.15) is 26.7 Å². The first kappa shape index (κ1) is 11.9. The Bertz CT molecular complexity index is 282. The molecule has 0 aromatic carbocycles. The summed E-state index contributed by atoms with van der Waals surface area (Å²) in [6, 6.07) is 0. The molecule has 0 aromatic heterocycles. The molecule has 2 fully saturated rings. The maximum atomic E-state index is 11.8. The van der Waals surface area contributed by atoms with Crippen molar-refractivity contribution in [2.24, 2.45) is 17.3 Å². The van der Waals surface area contributed by atoms with Crippen molar-refractivity contribution < 1.29 is 9.90 Å². The number of carbonyl (C=O) groups excluding carboxylic acids is 1. The van der Waals surface area contributed by atoms with Gasteiger partial charge in [-0.15, -0.1) is 0 Å². The summed E-state index contributed by atoms with van der Waals surface area (Å²) in [4.78, 5) is 11.8. The van der Waals surface area contributed by atoms with Gasteiger partial charge in [0.1, 0.15) is 0 Å². The number of hydrogen-bond donors (Lipinski definition) is 3. The second-order valence-corrected chi connectivity index (χ2v) is 5.50. The van der Waals surface area contributed by atoms with E-state index in [1.807, 2.05) is 0 Å². The fourth-order valence-corrected chi connectivity index (χ4v) is 2.49. The van der Waals surface area contributed by atoms with Gasteiger partial charge < -0.3 is 15.7 Å². The summed E-state index contributed by atoms with van der Waals surface area (Å²) in [7, 11) is 0. The van der Waals surface area contributed by atoms with E-state index in [2.05, 4.69) is 24.5 Å². The van der Waals surface area contributed by atoms with Crippen LogP contribution in [-0.4, -0.2) is 36.8 Å². The molecule has 4 heteroatoms. The van der Waals surface area contributed by atoms with Gasteiger partial charge in [0.15, 0.2) is 0 Å². The summed E-state index contributed by atoms with van der Waals surface area (Å²) in [5, 5.41) is 15.7. The molecule has 1 amide bonds. The third-order valence-corrected chi connectivity index (χ3v) is 4.32. The molecule has 1 aliphatic carbocycles. The van der Waals surface area contributed by atoms with Crippen LogP contribution in [0.4, 0.5) is 0 Å². The monoisotopic (exact) mass is 226 g/mol. The summed E-state index contributed by atoms with van der Waals surface area (Å²) in [5.41, 5.74) is 0.233. The number of amides is 1. The Morgan fingerprint density at radius 3 is 2.81 bits per heavy atom. The first-order valence-electron chi connectivity index (χ1n) is 6.23. The van der Waals surface area contributed by atoms with Crippen LogP contribution < -0.4 is 10.6 Å². The van der Waals surface area contributed by atoms with E-state index in [1.54, 1.807) is 0 Å². The number of carbonyl (C=O) groups is 1. The second-order valence-electron chi connectivity index (χ2n) is 5.50. The lowest BCUT2D eigenvalue weighted by atomic mass is 10.0. The van der Waals surface area contributed by atoms with Gasteiger partial charge in [-0.25, -0.2) is 0 Å². The Morgan fingerprint density at radius 2 is 2.31 bits per heavy atom. The third-order valence-electron chi connectivity index (χ3n) is 4.32. The standard InChI is InChI=1S/C12H22N2O2/c1-3-12(2)4-9(12)11(16)14-6-8-5-13-7-10(8)15/h8-10,13,15H,3-7H2,1-2H3,(H,14,16). The van der Waals surface area contributed by atoms with Gasteiger partial charge in [-0.1, -0.05) is 13.8 Å². The molecule has 3 N–H and O–H groups in total. The molecule has 0 spiro atoms. The Labute approximate surface area is 96.8 Å². The molecule has 0 bridgehead atoms. The summed E-state index contributed by atoms with van der Waals surface area (Å²) >= 11 is 0. The van der Waals surface area contributed by atoms with Crippen LogP contribution in [0, 0.1) is 17.3 Å². The molecule has 1 aliphatic heterocycles. The maximum Gasteiger partial charge on any atom is 0.223 e. The number of rotatable bonds is 4. The first-order chi connectivity index (χ1) is 7.57. The fraction of sp³-hybridized carbons (Fsp3) is 0.917. The Balaban J connectivity index is 1.73. The van der Waals surface area contributed by atoms with Crippen LogP contribution in [0.2, 0.25) is 0 Å². The van der Waals surface area contributed by atoms with Crippen molar-refractivity contribution in [3.05, 3.63) is 0 Å². The molecule has 4 nitrogen and oxygen atoms in total. The van der Waals surface area contributed by atoms with Crippen molar-refractivity contribution in [3.63, 3.8) is 0 Å². The molecule has 4 atom stereocenters. The zero-order chi connectivity index (χ0) is 11.8. The molecule has 1 heterocycles. The largest absolute Gasteiger partial charge is 0.391 e. The third kappa shape index (κ3) is 2.23. The van der Waals surface area contributed by atoms with Gasteiger partial charge in [0.2, 0.25) is 5.91 Å². The van der Waals surface area contributed by atoms with Gasteiger partial charge in [0.05, 0.1) is 6.10 Å². The summed E-state index contributed by atoms with van der Waals surface area (Å²) in [6.45, 7) is 6.36. The van der Waals surface area contributed by atoms with E-state index in [4.69, 9.17) is 0 Å². The van der Waals surface area contributed by atoms with Crippen molar-refractivity contribution >= 4 is 5.91 Å². The molecule has 1 saturated carbocycles. The van der Waals surface area contributed by atoms with E-state index in [1.165, 1.54) is 0 Å². The molecule has 1 saturated heterocycles. The number of β-amino-alcohol motifs (C(OH)–C–C–N with tert-alkyl or cyclic N) is 1. The fourth-order valence-electron chi connectivity index (χ4n) is 2.49. The molecule has 92 valence electrons. The average molecular weight is 226 g/mol. The minimum atomic E-state index is -0.308. The predicted octanol–water partition coefficient (Wildman–Crippen LogP) is 0.119. The van der Waals surface area contributed by atoms with Gasteiger partial charge in [0, 0.05) is 31.5 Å². The normalized spacial score (nSPS) is 42.1. The summed E-state index contributed by atoms with van der Waals surface area (Å²) < 4.78 is 0. The van der Waals surface area contributed by atoms with E-state index in [0.29, 0.717) is 13.1 Å². The van der Waals surface area contributed by atoms with Gasteiger partial charge in [-0.05, 0) is 18.3 Å². The number of hydrogen-bond acceptors (Lipinski definition) is 3. The van der Waals surface area contributed by atoms with Crippen molar-refractivity contribution in [3.8, 4) is 0 Å². The van der Waals surface area contributed by atoms with Gasteiger partial charge in [0.25, 0.3) is 0 Å². The number of aliphatic hydroxyl groups is 1. The first-order valence-corrected chi connectivity index (χ1v) is 6.23. The lowest BCUT2D eigenvalue weighted by Gasteiger charge is -2.15. The Morgan fingerprint density at radius 1 is 1.56 bits per heavy atom. The second kappa shape index (κ2) is 4.34. The number of aliphatic hydroxyl groups excluding tert-OH is 1. The lowest BCUT2D eigenvalue weighted by Crippen LogP contribution is -2.35. The van der Waals surface area contributed by atoms with E-state index < -0.39 is 0 Å². The van der Waals surface area contributed by atoms with Crippen molar-refractivity contribution in [2.75, 3.05) is 19.6 Å². The van der Waals surface area contributed by atoms with Crippen LogP contribution in [0.25, 0.3) is 0 Å². The van der Waals surface area contributed by atoms with E-state index in [9.17, 15) is 9.90 Å². The molecular formula is C12H22N2O2. The van der Waals surface area contributed by atoms with Gasteiger partial charge in [-0.3, -0.25) is 4.79 Å². The zero-order valence-corrected chi connectivity index (χ0v) is 10.1. The topological polar surface area (TPSA) is 61.4 Å². The van der Waals surface area contributed by atoms with Crippen LogP contribution in [0.5, 0.6) is 0 Å². The van der Waals surface area contributed by atoms with E-state index >= 15 is 0 Å². The highest BCUT2D eigenvalue weighted by molar-refractivity contribution is 5.82. The minimum Gasteiger partial charge on any atom is -0.391 e. The van der Waals surface area contributed by atoms with Crippen molar-refractivity contribution in [1.82, 2.24) is 10.6 Å². The van der Waals surface area contributed by atoms with Gasteiger partial charge in [-0.2, -0.15) is 0 Å². The van der Waals surface area contributed by atoms with E-state index in [0.717, 1.165) is 19.4 Å². The predicted molar refractivity (Wildman–Crippen MR) is 61.9 cm³/mol. The quantitative estimate of drug-likeness (QED) is 0.638. The number of nitrogens with one attached hydrogen (secondary N) is 2. The molecule has 4 unspecified atom stereocenters. The molecule has 16 heavy (non-hydrogen) atoms. The average Bonchev–Trinajstić information content (AvgIpc) is 2.79. The van der Waals surface area contributed by atoms with Crippen LogP contribution in [-0.2, 0) is 4.79 Å². The lowest BCUT2D eigenvalue weighted by molar-refractivity contribution is -0.123. The van der Waals surface area contributed by atoms with Crippen LogP contribution in [0.3, 0.4) is 0 Å². The summed E-state index contributed by atoms with van der Waals surface area (Å²) in [6.07, 6.45) is 1.77. The van der Waals surface area contributed by atoms with Crippen LogP contribution >= 0.6 is 0 Å². The molecule has 2 rings (SSSR count). The molecule has 0 radical (unpaired) electrons. The molecule has 0 aromatic rings. The van der Waals surface area contributed by atoms with Crippen molar-refractivity contribution in [2.45, 2.75) is 32.8 Å². The van der Waals surface area contributed by atoms with Crippen LogP contribution in [0.15, 0.2) is 0 Å². The Hall–Kier alpha value is -0.610. The molecular weight excluding hydrogens is 204 g/mol. The highest BCUT2D eigenvalue weighted by Gasteiger charge is 2.52. The SMILES string of the molecule is CCC1(C)CC1C(=O)NCC1CNCC1O. The zero-order valence-electron chi connectivity index (χ0n) is 10.1. The minimum absolute atomic E-state index is 0.170. The maximum absolute atomic E-state index is 11.8. The highest BCUT2D eigenvalue weighted by Crippen LogP contribution is 2.54. The summed E-state index contributed by atoms with van der Waals surface area (Å²) in [5.74, 6) is 0.544. The van der Waals surface area contributed by atoms with E-state index in [-0.39, 0.29) is 29.3 Å². The molecule has 2 aliphatic rings. The highest BCUT2D eigenvalue weighted by atomic mass is 16.3. The van der Waals surface area contributed by atoms with Gasteiger partial charge >= 0.3 is 0 Å². The smallest absolute Gasteiger partial charge is 0.223 e.